The fourth-order valence-electron chi connectivity index (χ4n) is 2.56. The van der Waals surface area contributed by atoms with Gasteiger partial charge in [0.1, 0.15) is 0 Å². The molecule has 3 rings (SSSR count). The zero-order valence-corrected chi connectivity index (χ0v) is 11.9. The van der Waals surface area contributed by atoms with Crippen molar-refractivity contribution in [3.05, 3.63) is 83.9 Å². The maximum atomic E-state index is 11.5. The molecule has 0 unspecified atom stereocenters. The van der Waals surface area contributed by atoms with E-state index in [-0.39, 0.29) is 0 Å². The van der Waals surface area contributed by atoms with Gasteiger partial charge in [-0.2, -0.15) is 0 Å². The van der Waals surface area contributed by atoms with Crippen molar-refractivity contribution < 1.29 is 9.59 Å². The van der Waals surface area contributed by atoms with Gasteiger partial charge in [-0.25, -0.2) is 0 Å². The first-order chi connectivity index (χ1) is 10.8. The molecule has 0 aromatic heterocycles. The van der Waals surface area contributed by atoms with Crippen molar-refractivity contribution in [1.82, 2.24) is 0 Å². The fourth-order valence-corrected chi connectivity index (χ4v) is 2.56. The number of hydrogen-bond donors (Lipinski definition) is 0. The van der Waals surface area contributed by atoms with E-state index < -0.39 is 0 Å². The summed E-state index contributed by atoms with van der Waals surface area (Å²) in [6.07, 6.45) is 1.67. The van der Waals surface area contributed by atoms with Crippen molar-refractivity contribution in [2.24, 2.45) is 0 Å². The summed E-state index contributed by atoms with van der Waals surface area (Å²) >= 11 is 0. The Morgan fingerprint density at radius 2 is 0.909 bits per heavy atom. The van der Waals surface area contributed by atoms with Gasteiger partial charge >= 0.3 is 0 Å². The number of benzene rings is 3. The first kappa shape index (κ1) is 14.0. The highest BCUT2D eigenvalue weighted by Gasteiger charge is 2.12. The van der Waals surface area contributed by atoms with Crippen LogP contribution in [0.25, 0.3) is 22.3 Å². The first-order valence-corrected chi connectivity index (χ1v) is 7.02. The van der Waals surface area contributed by atoms with E-state index in [1.807, 2.05) is 60.7 Å². The molecule has 2 nitrogen and oxygen atoms in total. The van der Waals surface area contributed by atoms with Gasteiger partial charge in [0.15, 0.2) is 12.6 Å². The highest BCUT2D eigenvalue weighted by Crippen LogP contribution is 2.31. The van der Waals surface area contributed by atoms with Gasteiger partial charge in [0.05, 0.1) is 0 Å². The lowest BCUT2D eigenvalue weighted by Gasteiger charge is -2.11. The predicted molar refractivity (Wildman–Crippen MR) is 88.1 cm³/mol. The molecule has 0 radical (unpaired) electrons. The van der Waals surface area contributed by atoms with Crippen LogP contribution in [-0.4, -0.2) is 12.6 Å². The second-order valence-corrected chi connectivity index (χ2v) is 4.99. The molecule has 3 aromatic rings. The Hall–Kier alpha value is -3.00. The summed E-state index contributed by atoms with van der Waals surface area (Å²) in [4.78, 5) is 23.0. The topological polar surface area (TPSA) is 34.1 Å². The molecule has 106 valence electrons. The monoisotopic (exact) mass is 286 g/mol. The molecule has 0 amide bonds. The fraction of sp³-hybridized carbons (Fsp3) is 0. The summed E-state index contributed by atoms with van der Waals surface area (Å²) in [6.45, 7) is 0. The van der Waals surface area contributed by atoms with Crippen LogP contribution < -0.4 is 0 Å². The van der Waals surface area contributed by atoms with Crippen molar-refractivity contribution in [2.75, 3.05) is 0 Å². The Bertz CT molecular complexity index is 735. The largest absolute Gasteiger partial charge is 0.298 e. The molecule has 3 aromatic carbocycles. The third kappa shape index (κ3) is 2.59. The van der Waals surface area contributed by atoms with E-state index in [1.165, 1.54) is 0 Å². The minimum atomic E-state index is 0.579. The van der Waals surface area contributed by atoms with Crippen molar-refractivity contribution in [2.45, 2.75) is 0 Å². The SMILES string of the molecule is O=Cc1cc(-c2ccccc2)c(C=O)cc1-c1ccccc1. The third-order valence-electron chi connectivity index (χ3n) is 3.65. The minimum Gasteiger partial charge on any atom is -0.298 e. The second kappa shape index (κ2) is 6.19. The van der Waals surface area contributed by atoms with E-state index in [4.69, 9.17) is 0 Å². The van der Waals surface area contributed by atoms with Gasteiger partial charge in [-0.15, -0.1) is 0 Å². The minimum absolute atomic E-state index is 0.579. The van der Waals surface area contributed by atoms with Gasteiger partial charge in [-0.05, 0) is 34.4 Å². The average molecular weight is 286 g/mol. The van der Waals surface area contributed by atoms with E-state index in [0.717, 1.165) is 34.8 Å². The standard InChI is InChI=1S/C20H14O2/c21-13-17-12-20(16-9-5-2-6-10-16)18(14-22)11-19(17)15-7-3-1-4-8-15/h1-14H. The maximum Gasteiger partial charge on any atom is 0.150 e. The van der Waals surface area contributed by atoms with Gasteiger partial charge in [-0.3, -0.25) is 9.59 Å². The Balaban J connectivity index is 2.24. The summed E-state index contributed by atoms with van der Waals surface area (Å²) in [6, 6.07) is 22.8. The number of carbonyl (C=O) groups is 2. The molecule has 0 aliphatic rings. The van der Waals surface area contributed by atoms with Gasteiger partial charge in [0.25, 0.3) is 0 Å². The van der Waals surface area contributed by atoms with E-state index in [1.54, 1.807) is 12.1 Å². The van der Waals surface area contributed by atoms with Crippen LogP contribution in [0.15, 0.2) is 72.8 Å². The molecule has 22 heavy (non-hydrogen) atoms. The van der Waals surface area contributed by atoms with Crippen molar-refractivity contribution in [3.63, 3.8) is 0 Å². The normalized spacial score (nSPS) is 10.2. The smallest absolute Gasteiger partial charge is 0.150 e. The summed E-state index contributed by atoms with van der Waals surface area (Å²) < 4.78 is 0. The van der Waals surface area contributed by atoms with Crippen LogP contribution in [0, 0.1) is 0 Å². The molecule has 0 aliphatic carbocycles. The van der Waals surface area contributed by atoms with Crippen LogP contribution in [0.4, 0.5) is 0 Å². The van der Waals surface area contributed by atoms with Crippen LogP contribution in [0.3, 0.4) is 0 Å². The maximum absolute atomic E-state index is 11.5. The number of hydrogen-bond acceptors (Lipinski definition) is 2. The van der Waals surface area contributed by atoms with E-state index in [2.05, 4.69) is 0 Å². The lowest BCUT2D eigenvalue weighted by Crippen LogP contribution is -1.95. The molecule has 0 heterocycles. The van der Waals surface area contributed by atoms with Crippen LogP contribution in [-0.2, 0) is 0 Å². The third-order valence-corrected chi connectivity index (χ3v) is 3.65. The quantitative estimate of drug-likeness (QED) is 0.654. The van der Waals surface area contributed by atoms with Crippen LogP contribution in [0.2, 0.25) is 0 Å². The molecule has 0 fully saturated rings. The van der Waals surface area contributed by atoms with Gasteiger partial charge in [0, 0.05) is 11.1 Å². The molecule has 0 aliphatic heterocycles. The second-order valence-electron chi connectivity index (χ2n) is 4.99. The van der Waals surface area contributed by atoms with E-state index >= 15 is 0 Å². The Morgan fingerprint density at radius 3 is 1.23 bits per heavy atom. The molecule has 0 spiro atoms. The molecule has 0 saturated carbocycles. The van der Waals surface area contributed by atoms with Crippen LogP contribution in [0.5, 0.6) is 0 Å². The van der Waals surface area contributed by atoms with Crippen molar-refractivity contribution >= 4 is 12.6 Å². The highest BCUT2D eigenvalue weighted by molar-refractivity contribution is 5.97. The predicted octanol–water partition coefficient (Wildman–Crippen LogP) is 4.65. The van der Waals surface area contributed by atoms with Crippen molar-refractivity contribution in [3.8, 4) is 22.3 Å². The number of rotatable bonds is 4. The summed E-state index contributed by atoms with van der Waals surface area (Å²) in [5.41, 5.74) is 4.56. The first-order valence-electron chi connectivity index (χ1n) is 7.02. The zero-order chi connectivity index (χ0) is 15.4. The summed E-state index contributed by atoms with van der Waals surface area (Å²) in [7, 11) is 0. The molecule has 0 saturated heterocycles. The average Bonchev–Trinajstić information content (AvgIpc) is 2.62. The van der Waals surface area contributed by atoms with Crippen LogP contribution in [0.1, 0.15) is 20.7 Å². The van der Waals surface area contributed by atoms with Crippen molar-refractivity contribution in [1.29, 1.82) is 0 Å². The Labute approximate surface area is 129 Å². The lowest BCUT2D eigenvalue weighted by molar-refractivity contribution is 0.111. The van der Waals surface area contributed by atoms with E-state index in [0.29, 0.717) is 11.1 Å². The molecule has 0 bridgehead atoms. The van der Waals surface area contributed by atoms with Gasteiger partial charge in [0.2, 0.25) is 0 Å². The molecular weight excluding hydrogens is 272 g/mol. The Kier molecular flexibility index (Phi) is 3.92. The molecular formula is C20H14O2. The van der Waals surface area contributed by atoms with Gasteiger partial charge < -0.3 is 0 Å². The highest BCUT2D eigenvalue weighted by atomic mass is 16.1. The summed E-state index contributed by atoms with van der Waals surface area (Å²) in [5.74, 6) is 0. The number of carbonyl (C=O) groups excluding carboxylic acids is 2. The summed E-state index contributed by atoms with van der Waals surface area (Å²) in [5, 5.41) is 0. The Morgan fingerprint density at radius 1 is 0.545 bits per heavy atom. The van der Waals surface area contributed by atoms with E-state index in [9.17, 15) is 9.59 Å². The van der Waals surface area contributed by atoms with Crippen LogP contribution >= 0.6 is 0 Å². The number of aldehydes is 2. The molecule has 0 N–H and O–H groups in total. The molecule has 2 heteroatoms. The molecule has 0 atom stereocenters. The zero-order valence-electron chi connectivity index (χ0n) is 11.9. The lowest BCUT2D eigenvalue weighted by atomic mass is 9.91. The van der Waals surface area contributed by atoms with Gasteiger partial charge in [-0.1, -0.05) is 60.7 Å².